The van der Waals surface area contributed by atoms with E-state index in [1.807, 2.05) is 25.1 Å². The lowest BCUT2D eigenvalue weighted by Crippen LogP contribution is -2.10. The van der Waals surface area contributed by atoms with Gasteiger partial charge < -0.3 is 10.5 Å². The number of aromatic nitrogens is 1. The molecule has 1 heterocycles. The van der Waals surface area contributed by atoms with E-state index in [4.69, 9.17) is 22.7 Å². The molecule has 1 aromatic heterocycles. The number of thiocarbonyl (C=S) groups is 1. The normalized spacial score (nSPS) is 10.4. The van der Waals surface area contributed by atoms with E-state index in [0.717, 1.165) is 23.4 Å². The number of nitrogens with two attached hydrogens (primary N) is 1. The van der Waals surface area contributed by atoms with Gasteiger partial charge in [0.15, 0.2) is 0 Å². The smallest absolute Gasteiger partial charge is 0.220 e. The maximum Gasteiger partial charge on any atom is 0.220 e. The van der Waals surface area contributed by atoms with Crippen LogP contribution in [0.4, 0.5) is 0 Å². The van der Waals surface area contributed by atoms with Gasteiger partial charge in [-0.15, -0.1) is 0 Å². The van der Waals surface area contributed by atoms with Gasteiger partial charge in [0.2, 0.25) is 5.88 Å². The van der Waals surface area contributed by atoms with Crippen molar-refractivity contribution in [2.45, 2.75) is 33.1 Å². The molecule has 110 valence electrons. The van der Waals surface area contributed by atoms with Crippen molar-refractivity contribution in [3.8, 4) is 11.6 Å². The highest BCUT2D eigenvalue weighted by molar-refractivity contribution is 7.80. The Morgan fingerprint density at radius 2 is 1.95 bits per heavy atom. The van der Waals surface area contributed by atoms with Crippen LogP contribution in [-0.4, -0.2) is 9.97 Å². The molecule has 0 spiro atoms. The maximum absolute atomic E-state index is 5.78. The second kappa shape index (κ2) is 7.18. The molecule has 0 saturated carbocycles. The summed E-state index contributed by atoms with van der Waals surface area (Å²) in [6, 6.07) is 11.7. The summed E-state index contributed by atoms with van der Waals surface area (Å²) in [5.41, 5.74) is 8.58. The molecular weight excluding hydrogens is 280 g/mol. The zero-order valence-electron chi connectivity index (χ0n) is 12.4. The Morgan fingerprint density at radius 1 is 1.24 bits per heavy atom. The van der Waals surface area contributed by atoms with E-state index < -0.39 is 0 Å². The molecule has 4 heteroatoms. The molecular formula is C17H20N2OS. The van der Waals surface area contributed by atoms with Crippen molar-refractivity contribution in [1.82, 2.24) is 4.98 Å². The second-order valence-electron chi connectivity index (χ2n) is 5.05. The summed E-state index contributed by atoms with van der Waals surface area (Å²) in [4.78, 5) is 4.69. The molecule has 0 aliphatic heterocycles. The average Bonchev–Trinajstić information content (AvgIpc) is 2.46. The molecule has 3 nitrogen and oxygen atoms in total. The van der Waals surface area contributed by atoms with E-state index in [1.165, 1.54) is 18.4 Å². The summed E-state index contributed by atoms with van der Waals surface area (Å²) < 4.78 is 5.78. The zero-order chi connectivity index (χ0) is 15.2. The predicted molar refractivity (Wildman–Crippen MR) is 90.0 cm³/mol. The number of hydrogen-bond donors (Lipinski definition) is 1. The lowest BCUT2D eigenvalue weighted by atomic mass is 10.1. The van der Waals surface area contributed by atoms with Gasteiger partial charge in [-0.2, -0.15) is 0 Å². The fraction of sp³-hybridized carbons (Fsp3) is 0.294. The molecule has 0 fully saturated rings. The SMILES string of the molecule is CCCCc1ccc(Oc2cc(C(N)=S)cc(C)n2)cc1. The van der Waals surface area contributed by atoms with E-state index in [2.05, 4.69) is 24.0 Å². The van der Waals surface area contributed by atoms with Gasteiger partial charge in [0.1, 0.15) is 10.7 Å². The van der Waals surface area contributed by atoms with Crippen molar-refractivity contribution in [2.75, 3.05) is 0 Å². The van der Waals surface area contributed by atoms with Crippen LogP contribution in [0.25, 0.3) is 0 Å². The van der Waals surface area contributed by atoms with Gasteiger partial charge in [0.05, 0.1) is 0 Å². The van der Waals surface area contributed by atoms with Crippen molar-refractivity contribution < 1.29 is 4.74 Å². The second-order valence-corrected chi connectivity index (χ2v) is 5.49. The van der Waals surface area contributed by atoms with Crippen LogP contribution in [0.1, 0.15) is 36.6 Å². The first-order valence-electron chi connectivity index (χ1n) is 7.13. The van der Waals surface area contributed by atoms with Gasteiger partial charge in [-0.1, -0.05) is 37.7 Å². The maximum atomic E-state index is 5.78. The zero-order valence-corrected chi connectivity index (χ0v) is 13.2. The minimum absolute atomic E-state index is 0.347. The number of nitrogens with zero attached hydrogens (tertiary/aromatic N) is 1. The molecule has 0 radical (unpaired) electrons. The van der Waals surface area contributed by atoms with Crippen LogP contribution in [-0.2, 0) is 6.42 Å². The Kier molecular flexibility index (Phi) is 5.28. The highest BCUT2D eigenvalue weighted by Gasteiger charge is 2.05. The third-order valence-corrected chi connectivity index (χ3v) is 3.41. The van der Waals surface area contributed by atoms with Crippen LogP contribution >= 0.6 is 12.2 Å². The van der Waals surface area contributed by atoms with Crippen LogP contribution in [0.15, 0.2) is 36.4 Å². The van der Waals surface area contributed by atoms with E-state index in [9.17, 15) is 0 Å². The van der Waals surface area contributed by atoms with Crippen LogP contribution < -0.4 is 10.5 Å². The van der Waals surface area contributed by atoms with Crippen LogP contribution in [0, 0.1) is 6.92 Å². The van der Waals surface area contributed by atoms with Gasteiger partial charge in [0, 0.05) is 17.3 Å². The number of ether oxygens (including phenoxy) is 1. The third-order valence-electron chi connectivity index (χ3n) is 3.18. The third kappa shape index (κ3) is 4.53. The summed E-state index contributed by atoms with van der Waals surface area (Å²) in [5, 5.41) is 0. The minimum atomic E-state index is 0.347. The fourth-order valence-electron chi connectivity index (χ4n) is 2.06. The molecule has 0 unspecified atom stereocenters. The fourth-order valence-corrected chi connectivity index (χ4v) is 2.18. The van der Waals surface area contributed by atoms with E-state index >= 15 is 0 Å². The molecule has 1 aromatic carbocycles. The summed E-state index contributed by atoms with van der Waals surface area (Å²) in [6.45, 7) is 4.09. The number of aryl methyl sites for hydroxylation is 2. The number of unbranched alkanes of at least 4 members (excludes halogenated alkanes) is 1. The molecule has 2 aromatic rings. The molecule has 0 amide bonds. The molecule has 0 aliphatic rings. The van der Waals surface area contributed by atoms with E-state index in [0.29, 0.717) is 10.9 Å². The lowest BCUT2D eigenvalue weighted by Gasteiger charge is -2.08. The van der Waals surface area contributed by atoms with Gasteiger partial charge in [-0.05, 0) is 43.5 Å². The molecule has 2 rings (SSSR count). The summed E-state index contributed by atoms with van der Waals surface area (Å²) in [5.74, 6) is 1.28. The Labute approximate surface area is 131 Å². The van der Waals surface area contributed by atoms with Gasteiger partial charge in [-0.25, -0.2) is 4.98 Å². The number of rotatable bonds is 6. The number of hydrogen-bond acceptors (Lipinski definition) is 3. The predicted octanol–water partition coefficient (Wildman–Crippen LogP) is 4.16. The van der Waals surface area contributed by atoms with Crippen LogP contribution in [0.2, 0.25) is 0 Å². The molecule has 0 aliphatic carbocycles. The van der Waals surface area contributed by atoms with Crippen LogP contribution in [0.3, 0.4) is 0 Å². The first-order chi connectivity index (χ1) is 10.1. The minimum Gasteiger partial charge on any atom is -0.439 e. The van der Waals surface area contributed by atoms with Crippen molar-refractivity contribution >= 4 is 17.2 Å². The summed E-state index contributed by atoms with van der Waals surface area (Å²) in [7, 11) is 0. The Balaban J connectivity index is 2.12. The first-order valence-corrected chi connectivity index (χ1v) is 7.54. The quantitative estimate of drug-likeness (QED) is 0.814. The number of pyridine rings is 1. The van der Waals surface area contributed by atoms with Crippen molar-refractivity contribution in [3.05, 3.63) is 53.2 Å². The number of benzene rings is 1. The van der Waals surface area contributed by atoms with Crippen molar-refractivity contribution in [3.63, 3.8) is 0 Å². The average molecular weight is 300 g/mol. The molecule has 0 bridgehead atoms. The molecule has 21 heavy (non-hydrogen) atoms. The highest BCUT2D eigenvalue weighted by atomic mass is 32.1. The van der Waals surface area contributed by atoms with E-state index in [-0.39, 0.29) is 0 Å². The van der Waals surface area contributed by atoms with Crippen molar-refractivity contribution in [2.24, 2.45) is 5.73 Å². The Hall–Kier alpha value is -1.94. The Morgan fingerprint density at radius 3 is 2.57 bits per heavy atom. The van der Waals surface area contributed by atoms with Gasteiger partial charge in [-0.3, -0.25) is 0 Å². The molecule has 0 saturated heterocycles. The molecule has 2 N–H and O–H groups in total. The monoisotopic (exact) mass is 300 g/mol. The molecule has 0 atom stereocenters. The highest BCUT2D eigenvalue weighted by Crippen LogP contribution is 2.22. The van der Waals surface area contributed by atoms with Gasteiger partial charge >= 0.3 is 0 Å². The topological polar surface area (TPSA) is 48.1 Å². The first kappa shape index (κ1) is 15.4. The standard InChI is InChI=1S/C17H20N2OS/c1-3-4-5-13-6-8-15(9-7-13)20-16-11-14(17(18)21)10-12(2)19-16/h6-11H,3-5H2,1-2H3,(H2,18,21). The largest absolute Gasteiger partial charge is 0.439 e. The van der Waals surface area contributed by atoms with Crippen molar-refractivity contribution in [1.29, 1.82) is 0 Å². The lowest BCUT2D eigenvalue weighted by molar-refractivity contribution is 0.461. The summed E-state index contributed by atoms with van der Waals surface area (Å²) >= 11 is 5.00. The summed E-state index contributed by atoms with van der Waals surface area (Å²) in [6.07, 6.45) is 3.51. The van der Waals surface area contributed by atoms with Crippen LogP contribution in [0.5, 0.6) is 11.6 Å². The van der Waals surface area contributed by atoms with Gasteiger partial charge in [0.25, 0.3) is 0 Å². The Bertz CT molecular complexity index is 623. The van der Waals surface area contributed by atoms with E-state index in [1.54, 1.807) is 6.07 Å².